The molecule has 98 valence electrons. The standard InChI is InChI=1S/C8H14N2O6S/c1-2-16-8(13)9-17(14,15)10-5-3-4-6(10)7(11)12/h6H,2-5H2,1H3,(H,9,13)(H,11,12). The first kappa shape index (κ1) is 13.7. The van der Waals surface area contributed by atoms with Crippen molar-refractivity contribution in [2.45, 2.75) is 25.8 Å². The number of hydrogen-bond acceptors (Lipinski definition) is 5. The van der Waals surface area contributed by atoms with Gasteiger partial charge in [0.1, 0.15) is 6.04 Å². The Labute approximate surface area is 98.7 Å². The van der Waals surface area contributed by atoms with Crippen LogP contribution in [0.3, 0.4) is 0 Å². The number of carbonyl (C=O) groups excluding carboxylic acids is 1. The minimum absolute atomic E-state index is 0.0315. The lowest BCUT2D eigenvalue weighted by atomic mass is 10.2. The number of carboxylic acid groups (broad SMARTS) is 1. The van der Waals surface area contributed by atoms with E-state index in [0.717, 1.165) is 4.31 Å². The van der Waals surface area contributed by atoms with E-state index in [0.29, 0.717) is 6.42 Å². The number of amides is 1. The molecule has 0 aromatic heterocycles. The van der Waals surface area contributed by atoms with Gasteiger partial charge in [-0.3, -0.25) is 4.79 Å². The van der Waals surface area contributed by atoms with Crippen LogP contribution in [0.1, 0.15) is 19.8 Å². The number of nitrogens with one attached hydrogen (secondary N) is 1. The Kier molecular flexibility index (Phi) is 4.29. The Morgan fingerprint density at radius 3 is 2.71 bits per heavy atom. The summed E-state index contributed by atoms with van der Waals surface area (Å²) in [5.74, 6) is -1.23. The van der Waals surface area contributed by atoms with Gasteiger partial charge in [-0.2, -0.15) is 12.7 Å². The van der Waals surface area contributed by atoms with Crippen LogP contribution < -0.4 is 4.72 Å². The van der Waals surface area contributed by atoms with Gasteiger partial charge in [0.05, 0.1) is 6.61 Å². The van der Waals surface area contributed by atoms with Gasteiger partial charge in [-0.15, -0.1) is 0 Å². The molecule has 0 saturated carbocycles. The molecule has 1 amide bonds. The van der Waals surface area contributed by atoms with Crippen LogP contribution in [0, 0.1) is 0 Å². The van der Waals surface area contributed by atoms with Crippen molar-refractivity contribution >= 4 is 22.3 Å². The van der Waals surface area contributed by atoms with Gasteiger partial charge >= 0.3 is 22.3 Å². The van der Waals surface area contributed by atoms with Crippen LogP contribution in [-0.4, -0.2) is 49.1 Å². The second kappa shape index (κ2) is 5.32. The lowest BCUT2D eigenvalue weighted by Crippen LogP contribution is -2.48. The van der Waals surface area contributed by atoms with Gasteiger partial charge in [0.25, 0.3) is 0 Å². The lowest BCUT2D eigenvalue weighted by Gasteiger charge is -2.20. The molecule has 17 heavy (non-hydrogen) atoms. The van der Waals surface area contributed by atoms with E-state index in [-0.39, 0.29) is 19.6 Å². The molecule has 1 aliphatic heterocycles. The van der Waals surface area contributed by atoms with Crippen molar-refractivity contribution in [1.82, 2.24) is 9.03 Å². The fourth-order valence-corrected chi connectivity index (χ4v) is 2.89. The highest BCUT2D eigenvalue weighted by molar-refractivity contribution is 7.87. The van der Waals surface area contributed by atoms with Crippen LogP contribution in [0.4, 0.5) is 4.79 Å². The quantitative estimate of drug-likeness (QED) is 0.711. The summed E-state index contributed by atoms with van der Waals surface area (Å²) in [5, 5.41) is 8.83. The van der Waals surface area contributed by atoms with E-state index in [2.05, 4.69) is 4.74 Å². The number of rotatable bonds is 4. The average Bonchev–Trinajstić information content (AvgIpc) is 2.65. The van der Waals surface area contributed by atoms with Gasteiger partial charge in [0.15, 0.2) is 0 Å². The Morgan fingerprint density at radius 1 is 1.53 bits per heavy atom. The van der Waals surface area contributed by atoms with Crippen molar-refractivity contribution in [3.05, 3.63) is 0 Å². The minimum Gasteiger partial charge on any atom is -0.480 e. The van der Waals surface area contributed by atoms with Crippen LogP contribution in [0.15, 0.2) is 0 Å². The van der Waals surface area contributed by atoms with Gasteiger partial charge in [-0.1, -0.05) is 0 Å². The first-order valence-corrected chi connectivity index (χ1v) is 6.51. The number of nitrogens with zero attached hydrogens (tertiary/aromatic N) is 1. The molecule has 1 saturated heterocycles. The molecule has 1 atom stereocenters. The van der Waals surface area contributed by atoms with E-state index < -0.39 is 28.3 Å². The summed E-state index contributed by atoms with van der Waals surface area (Å²) in [5.41, 5.74) is 0. The highest BCUT2D eigenvalue weighted by atomic mass is 32.2. The first-order valence-electron chi connectivity index (χ1n) is 5.07. The Bertz CT molecular complexity index is 406. The number of hydrogen-bond donors (Lipinski definition) is 2. The topological polar surface area (TPSA) is 113 Å². The van der Waals surface area contributed by atoms with Gasteiger partial charge in [-0.05, 0) is 19.8 Å². The van der Waals surface area contributed by atoms with E-state index in [1.165, 1.54) is 6.92 Å². The maximum Gasteiger partial charge on any atom is 0.421 e. The molecule has 8 nitrogen and oxygen atoms in total. The van der Waals surface area contributed by atoms with Gasteiger partial charge in [0, 0.05) is 6.54 Å². The molecule has 1 fully saturated rings. The van der Waals surface area contributed by atoms with E-state index in [1.807, 2.05) is 0 Å². The first-order chi connectivity index (χ1) is 7.88. The number of aliphatic carboxylic acids is 1. The molecule has 1 unspecified atom stereocenters. The van der Waals surface area contributed by atoms with Crippen LogP contribution in [-0.2, 0) is 19.7 Å². The second-order valence-corrected chi connectivity index (χ2v) is 5.06. The summed E-state index contributed by atoms with van der Waals surface area (Å²) < 4.78 is 30.2. The monoisotopic (exact) mass is 266 g/mol. The molecule has 0 aromatic carbocycles. The predicted octanol–water partition coefficient (Wildman–Crippen LogP) is -0.474. The van der Waals surface area contributed by atoms with Crippen LogP contribution >= 0.6 is 0 Å². The molecule has 1 heterocycles. The van der Waals surface area contributed by atoms with E-state index >= 15 is 0 Å². The van der Waals surface area contributed by atoms with Crippen molar-refractivity contribution in [3.63, 3.8) is 0 Å². The minimum atomic E-state index is -4.15. The molecule has 0 radical (unpaired) electrons. The van der Waals surface area contributed by atoms with E-state index in [4.69, 9.17) is 5.11 Å². The van der Waals surface area contributed by atoms with E-state index in [1.54, 1.807) is 4.72 Å². The van der Waals surface area contributed by atoms with Crippen molar-refractivity contribution in [2.24, 2.45) is 0 Å². The Balaban J connectivity index is 2.76. The Hall–Kier alpha value is -1.35. The van der Waals surface area contributed by atoms with Gasteiger partial charge in [-0.25, -0.2) is 9.52 Å². The highest BCUT2D eigenvalue weighted by Crippen LogP contribution is 2.20. The third kappa shape index (κ3) is 3.30. The number of carbonyl (C=O) groups is 2. The van der Waals surface area contributed by atoms with Gasteiger partial charge < -0.3 is 9.84 Å². The summed E-state index contributed by atoms with van der Waals surface area (Å²) in [6.07, 6.45) is -0.428. The molecule has 1 rings (SSSR count). The van der Waals surface area contributed by atoms with Crippen LogP contribution in [0.2, 0.25) is 0 Å². The summed E-state index contributed by atoms with van der Waals surface area (Å²) in [6.45, 7) is 1.64. The summed E-state index contributed by atoms with van der Waals surface area (Å²) in [7, 11) is -4.15. The van der Waals surface area contributed by atoms with Crippen molar-refractivity contribution in [1.29, 1.82) is 0 Å². The molecule has 0 spiro atoms. The maximum atomic E-state index is 11.7. The van der Waals surface area contributed by atoms with Crippen molar-refractivity contribution in [2.75, 3.05) is 13.2 Å². The van der Waals surface area contributed by atoms with Crippen LogP contribution in [0.25, 0.3) is 0 Å². The molecule has 9 heteroatoms. The molecular formula is C8H14N2O6S. The largest absolute Gasteiger partial charge is 0.480 e. The maximum absolute atomic E-state index is 11.7. The molecule has 2 N–H and O–H groups in total. The fraction of sp³-hybridized carbons (Fsp3) is 0.750. The lowest BCUT2D eigenvalue weighted by molar-refractivity contribution is -0.140. The number of carboxylic acids is 1. The number of ether oxygens (including phenoxy) is 1. The Morgan fingerprint density at radius 2 is 2.18 bits per heavy atom. The summed E-state index contributed by atoms with van der Waals surface area (Å²) in [6, 6.07) is -1.12. The SMILES string of the molecule is CCOC(=O)NS(=O)(=O)N1CCCC1C(=O)O. The zero-order valence-corrected chi connectivity index (χ0v) is 10.1. The summed E-state index contributed by atoms with van der Waals surface area (Å²) in [4.78, 5) is 21.8. The zero-order valence-electron chi connectivity index (χ0n) is 9.25. The molecule has 0 bridgehead atoms. The zero-order chi connectivity index (χ0) is 13.1. The molecular weight excluding hydrogens is 252 g/mol. The fourth-order valence-electron chi connectivity index (χ4n) is 1.60. The van der Waals surface area contributed by atoms with Gasteiger partial charge in [0.2, 0.25) is 0 Å². The smallest absolute Gasteiger partial charge is 0.421 e. The van der Waals surface area contributed by atoms with Crippen molar-refractivity contribution in [3.8, 4) is 0 Å². The summed E-state index contributed by atoms with van der Waals surface area (Å²) >= 11 is 0. The normalized spacial score (nSPS) is 21.1. The van der Waals surface area contributed by atoms with Crippen LogP contribution in [0.5, 0.6) is 0 Å². The highest BCUT2D eigenvalue weighted by Gasteiger charge is 2.39. The average molecular weight is 266 g/mol. The second-order valence-electron chi connectivity index (χ2n) is 3.43. The third-order valence-corrected chi connectivity index (χ3v) is 3.76. The molecule has 0 aromatic rings. The van der Waals surface area contributed by atoms with E-state index in [9.17, 15) is 18.0 Å². The molecule has 1 aliphatic rings. The molecule has 0 aliphatic carbocycles. The predicted molar refractivity (Wildman–Crippen MR) is 56.4 cm³/mol. The third-order valence-electron chi connectivity index (χ3n) is 2.29. The van der Waals surface area contributed by atoms with Crippen molar-refractivity contribution < 1.29 is 27.9 Å².